The van der Waals surface area contributed by atoms with Crippen LogP contribution >= 0.6 is 11.6 Å². The molecule has 2 aliphatic rings. The van der Waals surface area contributed by atoms with Gasteiger partial charge in [0, 0.05) is 49.5 Å². The van der Waals surface area contributed by atoms with Crippen molar-refractivity contribution in [1.29, 1.82) is 0 Å². The van der Waals surface area contributed by atoms with E-state index >= 15 is 0 Å². The summed E-state index contributed by atoms with van der Waals surface area (Å²) in [7, 11) is -2.08. The number of nitrogens with one attached hydrogen (secondary N) is 1. The Balaban J connectivity index is 1.76. The molecule has 2 aromatic carbocycles. The molecule has 188 valence electrons. The lowest BCUT2D eigenvalue weighted by Crippen LogP contribution is -2.53. The summed E-state index contributed by atoms with van der Waals surface area (Å²) in [4.78, 5) is 19.3. The van der Waals surface area contributed by atoms with Gasteiger partial charge in [-0.25, -0.2) is 13.4 Å². The van der Waals surface area contributed by atoms with Crippen molar-refractivity contribution < 1.29 is 18.3 Å². The molecule has 0 atom stereocenters. The molecular formula is C24H30ClN5O4S. The van der Waals surface area contributed by atoms with Crippen LogP contribution in [0.3, 0.4) is 0 Å². The van der Waals surface area contributed by atoms with Gasteiger partial charge in [0.25, 0.3) is 5.91 Å². The highest BCUT2D eigenvalue weighted by atomic mass is 35.5. The van der Waals surface area contributed by atoms with E-state index in [0.29, 0.717) is 41.6 Å². The zero-order valence-electron chi connectivity index (χ0n) is 19.7. The van der Waals surface area contributed by atoms with Gasteiger partial charge in [-0.3, -0.25) is 14.0 Å². The number of carbonyl (C=O) groups is 1. The summed E-state index contributed by atoms with van der Waals surface area (Å²) >= 11 is 5.98. The second-order valence-corrected chi connectivity index (χ2v) is 11.4. The standard InChI is InChI=1S/C24H30ClN5O4S/c1-27-24(32)23(28-17-7-5-16(25)6-8-17)20-11-19(15-3-4-15)22(12-21(20)26)30(35(2,33)34)10-9-29-13-18(31)14-29/h5-8,11-12,15,18,31H,3-4,9-10,13-14,26H2,1-2H3,(H,27,32). The number of sulfonamides is 1. The molecule has 9 nitrogen and oxygen atoms in total. The quantitative estimate of drug-likeness (QED) is 0.344. The predicted molar refractivity (Wildman–Crippen MR) is 139 cm³/mol. The third kappa shape index (κ3) is 5.95. The first-order chi connectivity index (χ1) is 16.6. The topological polar surface area (TPSA) is 128 Å². The van der Waals surface area contributed by atoms with Crippen molar-refractivity contribution in [3.63, 3.8) is 0 Å². The highest BCUT2D eigenvalue weighted by Gasteiger charge is 2.33. The van der Waals surface area contributed by atoms with Gasteiger partial charge in [0.05, 0.1) is 23.7 Å². The van der Waals surface area contributed by atoms with Gasteiger partial charge < -0.3 is 16.2 Å². The van der Waals surface area contributed by atoms with E-state index in [-0.39, 0.29) is 30.0 Å². The van der Waals surface area contributed by atoms with E-state index < -0.39 is 15.9 Å². The number of aliphatic hydroxyl groups is 1. The van der Waals surface area contributed by atoms with Crippen LogP contribution in [0, 0.1) is 0 Å². The van der Waals surface area contributed by atoms with Crippen molar-refractivity contribution in [2.45, 2.75) is 24.9 Å². The summed E-state index contributed by atoms with van der Waals surface area (Å²) in [5.74, 6) is -0.224. The first-order valence-electron chi connectivity index (χ1n) is 11.4. The lowest BCUT2D eigenvalue weighted by atomic mass is 9.98. The third-order valence-electron chi connectivity index (χ3n) is 6.21. The Morgan fingerprint density at radius 3 is 2.46 bits per heavy atom. The summed E-state index contributed by atoms with van der Waals surface area (Å²) in [6.07, 6.45) is 2.67. The number of nitrogen functional groups attached to an aromatic ring is 1. The minimum atomic E-state index is -3.60. The maximum Gasteiger partial charge on any atom is 0.270 e. The molecule has 0 bridgehead atoms. The van der Waals surface area contributed by atoms with E-state index in [0.717, 1.165) is 18.4 Å². The summed E-state index contributed by atoms with van der Waals surface area (Å²) in [5, 5.41) is 12.7. The van der Waals surface area contributed by atoms with E-state index in [2.05, 4.69) is 10.3 Å². The normalized spacial score (nSPS) is 17.2. The molecule has 11 heteroatoms. The monoisotopic (exact) mass is 519 g/mol. The second kappa shape index (κ2) is 10.1. The molecule has 1 heterocycles. The van der Waals surface area contributed by atoms with Crippen molar-refractivity contribution in [3.05, 3.63) is 52.5 Å². The number of aliphatic hydroxyl groups excluding tert-OH is 1. The van der Waals surface area contributed by atoms with Gasteiger partial charge >= 0.3 is 0 Å². The number of hydrogen-bond acceptors (Lipinski definition) is 7. The number of nitrogens with zero attached hydrogens (tertiary/aromatic N) is 3. The molecule has 2 aromatic rings. The second-order valence-electron chi connectivity index (χ2n) is 9.04. The number of rotatable bonds is 9. The van der Waals surface area contributed by atoms with E-state index in [9.17, 15) is 18.3 Å². The minimum absolute atomic E-state index is 0.140. The maximum atomic E-state index is 12.8. The van der Waals surface area contributed by atoms with Crippen molar-refractivity contribution in [3.8, 4) is 0 Å². The molecule has 0 spiro atoms. The molecule has 4 N–H and O–H groups in total. The van der Waals surface area contributed by atoms with Crippen LogP contribution in [0.2, 0.25) is 5.02 Å². The number of hydrogen-bond donors (Lipinski definition) is 3. The SMILES string of the molecule is CNC(=O)C(=Nc1ccc(Cl)cc1)c1cc(C2CC2)c(N(CCN2CC(O)C2)S(C)(=O)=O)cc1N. The molecule has 35 heavy (non-hydrogen) atoms. The summed E-state index contributed by atoms with van der Waals surface area (Å²) in [6.45, 7) is 1.80. The van der Waals surface area contributed by atoms with E-state index in [4.69, 9.17) is 17.3 Å². The van der Waals surface area contributed by atoms with Gasteiger partial charge in [0.1, 0.15) is 5.71 Å². The fourth-order valence-electron chi connectivity index (χ4n) is 4.18. The molecule has 1 aliphatic carbocycles. The number of benzene rings is 2. The number of amides is 1. The molecule has 0 aromatic heterocycles. The smallest absolute Gasteiger partial charge is 0.270 e. The minimum Gasteiger partial charge on any atom is -0.398 e. The highest BCUT2D eigenvalue weighted by molar-refractivity contribution is 7.92. The summed E-state index contributed by atoms with van der Waals surface area (Å²) in [6, 6.07) is 10.2. The largest absolute Gasteiger partial charge is 0.398 e. The van der Waals surface area contributed by atoms with Crippen LogP contribution in [0.15, 0.2) is 41.4 Å². The first kappa shape index (κ1) is 25.4. The van der Waals surface area contributed by atoms with Crippen LogP contribution < -0.4 is 15.4 Å². The lowest BCUT2D eigenvalue weighted by Gasteiger charge is -2.37. The number of carbonyl (C=O) groups excluding carboxylic acids is 1. The predicted octanol–water partition coefficient (Wildman–Crippen LogP) is 2.11. The fraction of sp³-hybridized carbons (Fsp3) is 0.417. The fourth-order valence-corrected chi connectivity index (χ4v) is 5.24. The van der Waals surface area contributed by atoms with Gasteiger partial charge in [-0.2, -0.15) is 0 Å². The van der Waals surface area contributed by atoms with Crippen molar-refractivity contribution >= 4 is 50.3 Å². The van der Waals surface area contributed by atoms with Crippen LogP contribution in [0.5, 0.6) is 0 Å². The molecule has 1 saturated heterocycles. The van der Waals surface area contributed by atoms with Gasteiger partial charge in [0.2, 0.25) is 10.0 Å². The number of aliphatic imine (C=N–C) groups is 1. The molecule has 1 saturated carbocycles. The molecule has 1 aliphatic heterocycles. The molecular weight excluding hydrogens is 490 g/mol. The van der Waals surface area contributed by atoms with Crippen LogP contribution in [-0.4, -0.2) is 75.6 Å². The third-order valence-corrected chi connectivity index (χ3v) is 7.64. The molecule has 4 rings (SSSR count). The summed E-state index contributed by atoms with van der Waals surface area (Å²) in [5.41, 5.74) is 9.17. The number of halogens is 1. The zero-order chi connectivity index (χ0) is 25.3. The summed E-state index contributed by atoms with van der Waals surface area (Å²) < 4.78 is 26.9. The van der Waals surface area contributed by atoms with Gasteiger partial charge in [-0.1, -0.05) is 11.6 Å². The molecule has 0 radical (unpaired) electrons. The molecule has 0 unspecified atom stereocenters. The number of β-amino-alcohol motifs (C(OH)–C–C–N with tert-alkyl or cyclic N) is 1. The maximum absolute atomic E-state index is 12.8. The Bertz CT molecular complexity index is 1240. The Morgan fingerprint density at radius 1 is 1.26 bits per heavy atom. The number of likely N-dealkylation sites (tertiary alicyclic amines) is 1. The van der Waals surface area contributed by atoms with E-state index in [1.807, 2.05) is 4.90 Å². The van der Waals surface area contributed by atoms with E-state index in [1.54, 1.807) is 36.4 Å². The van der Waals surface area contributed by atoms with Crippen molar-refractivity contribution in [1.82, 2.24) is 10.2 Å². The van der Waals surface area contributed by atoms with Crippen LogP contribution in [0.1, 0.15) is 29.9 Å². The van der Waals surface area contributed by atoms with Gasteiger partial charge in [0.15, 0.2) is 0 Å². The first-order valence-corrected chi connectivity index (χ1v) is 13.7. The van der Waals surface area contributed by atoms with Crippen molar-refractivity contribution in [2.75, 3.05) is 49.5 Å². The average Bonchev–Trinajstić information content (AvgIpc) is 3.62. The Hall–Kier alpha value is -2.66. The van der Waals surface area contributed by atoms with Crippen LogP contribution in [0.4, 0.5) is 17.1 Å². The Kier molecular flexibility index (Phi) is 7.37. The lowest BCUT2D eigenvalue weighted by molar-refractivity contribution is -0.114. The highest BCUT2D eigenvalue weighted by Crippen LogP contribution is 2.46. The van der Waals surface area contributed by atoms with Crippen LogP contribution in [0.25, 0.3) is 0 Å². The Morgan fingerprint density at radius 2 is 1.91 bits per heavy atom. The van der Waals surface area contributed by atoms with E-state index in [1.165, 1.54) is 17.6 Å². The number of anilines is 2. The average molecular weight is 520 g/mol. The Labute approximate surface area is 210 Å². The number of likely N-dealkylation sites (N-methyl/N-ethyl adjacent to an activating group) is 1. The van der Waals surface area contributed by atoms with Gasteiger partial charge in [-0.05, 0) is 60.7 Å². The van der Waals surface area contributed by atoms with Crippen LogP contribution in [-0.2, 0) is 14.8 Å². The van der Waals surface area contributed by atoms with Crippen molar-refractivity contribution in [2.24, 2.45) is 4.99 Å². The number of nitrogens with two attached hydrogens (primary N) is 1. The molecule has 2 fully saturated rings. The van der Waals surface area contributed by atoms with Gasteiger partial charge in [-0.15, -0.1) is 0 Å². The molecule has 1 amide bonds. The zero-order valence-corrected chi connectivity index (χ0v) is 21.3.